The van der Waals surface area contributed by atoms with Gasteiger partial charge in [0.2, 0.25) is 5.91 Å². The van der Waals surface area contributed by atoms with E-state index in [2.05, 4.69) is 32.2 Å². The second-order valence-corrected chi connectivity index (χ2v) is 8.73. The number of para-hydroxylation sites is 1. The molecule has 0 saturated carbocycles. The first-order chi connectivity index (χ1) is 14.2. The Bertz CT molecular complexity index is 1320. The molecule has 3 aromatic heterocycles. The molecule has 5 rings (SSSR count). The van der Waals surface area contributed by atoms with Crippen molar-refractivity contribution in [3.8, 4) is 11.3 Å². The molecule has 3 heterocycles. The van der Waals surface area contributed by atoms with Crippen molar-refractivity contribution in [3.05, 3.63) is 71.4 Å². The zero-order chi connectivity index (χ0) is 19.8. The van der Waals surface area contributed by atoms with Crippen LogP contribution in [0.25, 0.3) is 26.4 Å². The number of hydrogen-bond acceptors (Lipinski definition) is 5. The number of rotatable bonds is 5. The van der Waals surface area contributed by atoms with Crippen LogP contribution in [0.4, 0.5) is 5.13 Å². The summed E-state index contributed by atoms with van der Waals surface area (Å²) in [4.78, 5) is 22.7. The van der Waals surface area contributed by atoms with Crippen LogP contribution in [-0.2, 0) is 11.2 Å². The maximum atomic E-state index is 12.5. The molecule has 144 valence electrons. The number of amides is 1. The molecule has 0 radical (unpaired) electrons. The molecule has 0 aliphatic carbocycles. The molecule has 0 atom stereocenters. The van der Waals surface area contributed by atoms with Gasteiger partial charge >= 0.3 is 0 Å². The molecule has 29 heavy (non-hydrogen) atoms. The maximum Gasteiger partial charge on any atom is 0.226 e. The number of thiazole rings is 2. The van der Waals surface area contributed by atoms with Crippen LogP contribution in [0.5, 0.6) is 0 Å². The maximum absolute atomic E-state index is 12.5. The van der Waals surface area contributed by atoms with E-state index in [0.29, 0.717) is 18.0 Å². The number of nitrogens with zero attached hydrogens (tertiary/aromatic N) is 3. The Kier molecular flexibility index (Phi) is 4.61. The Morgan fingerprint density at radius 3 is 2.79 bits per heavy atom. The number of aryl methyl sites for hydroxylation is 2. The van der Waals surface area contributed by atoms with Crippen molar-refractivity contribution >= 4 is 48.9 Å². The summed E-state index contributed by atoms with van der Waals surface area (Å²) in [6.07, 6.45) is 3.10. The SMILES string of the molecule is Cc1cccc2sc(NC(=O)CCc3csc4nc(-c5ccccc5)cn34)nc12. The van der Waals surface area contributed by atoms with E-state index in [1.165, 1.54) is 11.3 Å². The second-order valence-electron chi connectivity index (χ2n) is 6.86. The lowest BCUT2D eigenvalue weighted by Crippen LogP contribution is -2.12. The average molecular weight is 419 g/mol. The summed E-state index contributed by atoms with van der Waals surface area (Å²) in [5.41, 5.74) is 5.22. The predicted molar refractivity (Wildman–Crippen MR) is 120 cm³/mol. The van der Waals surface area contributed by atoms with Gasteiger partial charge in [-0.05, 0) is 25.0 Å². The zero-order valence-electron chi connectivity index (χ0n) is 15.8. The summed E-state index contributed by atoms with van der Waals surface area (Å²) in [5, 5.41) is 5.68. The molecule has 0 fully saturated rings. The standard InChI is InChI=1S/C22H18N4OS2/c1-14-6-5-9-18-20(14)25-21(29-18)24-19(27)11-10-16-13-28-22-23-17(12-26(16)22)15-7-3-2-4-8-15/h2-9,12-13H,10-11H2,1H3,(H,24,25,27). The number of carbonyl (C=O) groups excluding carboxylic acids is 1. The Balaban J connectivity index is 1.29. The monoisotopic (exact) mass is 418 g/mol. The largest absolute Gasteiger partial charge is 0.302 e. The predicted octanol–water partition coefficient (Wildman–Crippen LogP) is 5.55. The summed E-state index contributed by atoms with van der Waals surface area (Å²) in [7, 11) is 0. The van der Waals surface area contributed by atoms with E-state index in [1.54, 1.807) is 11.3 Å². The fraction of sp³-hybridized carbons (Fsp3) is 0.136. The number of carbonyl (C=O) groups is 1. The van der Waals surface area contributed by atoms with E-state index < -0.39 is 0 Å². The van der Waals surface area contributed by atoms with E-state index >= 15 is 0 Å². The zero-order valence-corrected chi connectivity index (χ0v) is 17.4. The van der Waals surface area contributed by atoms with Crippen molar-refractivity contribution < 1.29 is 4.79 Å². The lowest BCUT2D eigenvalue weighted by molar-refractivity contribution is -0.116. The quantitative estimate of drug-likeness (QED) is 0.407. The fourth-order valence-electron chi connectivity index (χ4n) is 3.32. The normalized spacial score (nSPS) is 11.3. The molecule has 5 nitrogen and oxygen atoms in total. The van der Waals surface area contributed by atoms with Gasteiger partial charge in [-0.1, -0.05) is 53.8 Å². The minimum Gasteiger partial charge on any atom is -0.302 e. The summed E-state index contributed by atoms with van der Waals surface area (Å²) >= 11 is 3.11. The Labute approximate surface area is 175 Å². The van der Waals surface area contributed by atoms with Crippen LogP contribution in [0.2, 0.25) is 0 Å². The number of benzene rings is 2. The third kappa shape index (κ3) is 3.54. The molecule has 0 bridgehead atoms. The first-order valence-corrected chi connectivity index (χ1v) is 11.0. The molecule has 0 unspecified atom stereocenters. The highest BCUT2D eigenvalue weighted by atomic mass is 32.1. The number of nitrogens with one attached hydrogen (secondary N) is 1. The summed E-state index contributed by atoms with van der Waals surface area (Å²) in [5.74, 6) is -0.0237. The number of anilines is 1. The Morgan fingerprint density at radius 1 is 1.10 bits per heavy atom. The summed E-state index contributed by atoms with van der Waals surface area (Å²) in [6, 6.07) is 16.2. The van der Waals surface area contributed by atoms with Gasteiger partial charge < -0.3 is 5.32 Å². The van der Waals surface area contributed by atoms with E-state index in [4.69, 9.17) is 4.98 Å². The van der Waals surface area contributed by atoms with Crippen LogP contribution in [0, 0.1) is 6.92 Å². The number of aromatic nitrogens is 3. The first-order valence-electron chi connectivity index (χ1n) is 9.34. The van der Waals surface area contributed by atoms with E-state index in [9.17, 15) is 4.79 Å². The van der Waals surface area contributed by atoms with Gasteiger partial charge in [0, 0.05) is 29.3 Å². The Morgan fingerprint density at radius 2 is 1.97 bits per heavy atom. The molecule has 0 saturated heterocycles. The van der Waals surface area contributed by atoms with Crippen molar-refractivity contribution in [1.82, 2.24) is 14.4 Å². The van der Waals surface area contributed by atoms with Crippen LogP contribution in [0.15, 0.2) is 60.1 Å². The lowest BCUT2D eigenvalue weighted by atomic mass is 10.2. The smallest absolute Gasteiger partial charge is 0.226 e. The molecule has 0 aliphatic heterocycles. The van der Waals surface area contributed by atoms with Crippen molar-refractivity contribution in [2.45, 2.75) is 19.8 Å². The molecule has 0 aliphatic rings. The molecule has 0 spiro atoms. The molecule has 1 amide bonds. The van der Waals surface area contributed by atoms with E-state index in [-0.39, 0.29) is 5.91 Å². The summed E-state index contributed by atoms with van der Waals surface area (Å²) < 4.78 is 3.17. The highest BCUT2D eigenvalue weighted by molar-refractivity contribution is 7.22. The molecule has 5 aromatic rings. The van der Waals surface area contributed by atoms with Gasteiger partial charge in [0.05, 0.1) is 15.9 Å². The Hall–Kier alpha value is -3.03. The first kappa shape index (κ1) is 18.0. The molecule has 1 N–H and O–H groups in total. The third-order valence-electron chi connectivity index (χ3n) is 4.83. The highest BCUT2D eigenvalue weighted by Gasteiger charge is 2.13. The van der Waals surface area contributed by atoms with Crippen molar-refractivity contribution in [3.63, 3.8) is 0 Å². The number of imidazole rings is 1. The van der Waals surface area contributed by atoms with Gasteiger partial charge in [-0.3, -0.25) is 9.20 Å². The van der Waals surface area contributed by atoms with Crippen molar-refractivity contribution in [2.75, 3.05) is 5.32 Å². The molecular weight excluding hydrogens is 400 g/mol. The van der Waals surface area contributed by atoms with Gasteiger partial charge in [-0.2, -0.15) is 0 Å². The average Bonchev–Trinajstić information content (AvgIpc) is 3.42. The topological polar surface area (TPSA) is 59.3 Å². The van der Waals surface area contributed by atoms with Gasteiger partial charge in [0.25, 0.3) is 0 Å². The van der Waals surface area contributed by atoms with Crippen LogP contribution in [-0.4, -0.2) is 20.3 Å². The van der Waals surface area contributed by atoms with Gasteiger partial charge in [-0.25, -0.2) is 9.97 Å². The fourth-order valence-corrected chi connectivity index (χ4v) is 5.19. The van der Waals surface area contributed by atoms with Crippen LogP contribution in [0.1, 0.15) is 17.7 Å². The van der Waals surface area contributed by atoms with Gasteiger partial charge in [0.1, 0.15) is 0 Å². The van der Waals surface area contributed by atoms with Crippen molar-refractivity contribution in [2.24, 2.45) is 0 Å². The minimum absolute atomic E-state index is 0.0237. The molecule has 7 heteroatoms. The van der Waals surface area contributed by atoms with E-state index in [1.807, 2.05) is 49.5 Å². The number of fused-ring (bicyclic) bond motifs is 2. The lowest BCUT2D eigenvalue weighted by Gasteiger charge is -2.01. The van der Waals surface area contributed by atoms with Crippen LogP contribution < -0.4 is 5.32 Å². The van der Waals surface area contributed by atoms with Crippen LogP contribution >= 0.6 is 22.7 Å². The third-order valence-corrected chi connectivity index (χ3v) is 6.65. The minimum atomic E-state index is -0.0237. The number of hydrogen-bond donors (Lipinski definition) is 1. The van der Waals surface area contributed by atoms with Crippen molar-refractivity contribution in [1.29, 1.82) is 0 Å². The van der Waals surface area contributed by atoms with Gasteiger partial charge in [0.15, 0.2) is 10.1 Å². The molecular formula is C22H18N4OS2. The summed E-state index contributed by atoms with van der Waals surface area (Å²) in [6.45, 7) is 2.03. The highest BCUT2D eigenvalue weighted by Crippen LogP contribution is 2.28. The second kappa shape index (κ2) is 7.42. The van der Waals surface area contributed by atoms with E-state index in [0.717, 1.165) is 37.7 Å². The molecule has 2 aromatic carbocycles. The van der Waals surface area contributed by atoms with Crippen LogP contribution in [0.3, 0.4) is 0 Å². The van der Waals surface area contributed by atoms with Gasteiger partial charge in [-0.15, -0.1) is 11.3 Å².